The van der Waals surface area contributed by atoms with E-state index in [2.05, 4.69) is 41.0 Å². The van der Waals surface area contributed by atoms with E-state index in [1.165, 1.54) is 22.6 Å². The molecule has 1 aliphatic rings. The van der Waals surface area contributed by atoms with Crippen molar-refractivity contribution in [3.8, 4) is 0 Å². The first-order valence-corrected chi connectivity index (χ1v) is 13.9. The van der Waals surface area contributed by atoms with Gasteiger partial charge in [-0.25, -0.2) is 0 Å². The maximum atomic E-state index is 12.2. The molecule has 3 N–H and O–H groups in total. The molecular weight excluding hydrogens is 474 g/mol. The van der Waals surface area contributed by atoms with E-state index in [0.717, 1.165) is 37.5 Å². The first-order chi connectivity index (χ1) is 16.0. The number of aliphatic hydroxyl groups is 1. The standard InChI is InChI=1S/C25H34ClN3O2S2/c1-2-3-15-32-22-9-4-5-10-23(22)33-18-21(30)17-28-11-13-29(14-12-28)24(25(27)31)19-7-6-8-20(26)16-19/h4-10,16,21,24,30H,2-3,11-15,17-18H2,1H3,(H2,27,31). The number of aliphatic hydroxyl groups excluding tert-OH is 1. The van der Waals surface area contributed by atoms with Crippen LogP contribution in [0.1, 0.15) is 31.4 Å². The number of rotatable bonds is 12. The van der Waals surface area contributed by atoms with E-state index in [4.69, 9.17) is 17.3 Å². The van der Waals surface area contributed by atoms with Gasteiger partial charge in [-0.05, 0) is 42.0 Å². The highest BCUT2D eigenvalue weighted by Gasteiger charge is 2.29. The number of hydrogen-bond acceptors (Lipinski definition) is 6. The van der Waals surface area contributed by atoms with Crippen molar-refractivity contribution in [2.24, 2.45) is 5.73 Å². The monoisotopic (exact) mass is 507 g/mol. The minimum Gasteiger partial charge on any atom is -0.391 e. The average molecular weight is 508 g/mol. The van der Waals surface area contributed by atoms with E-state index in [0.29, 0.717) is 17.3 Å². The van der Waals surface area contributed by atoms with Crippen LogP contribution in [0.4, 0.5) is 0 Å². The summed E-state index contributed by atoms with van der Waals surface area (Å²) in [6.07, 6.45) is 2.01. The highest BCUT2D eigenvalue weighted by atomic mass is 35.5. The normalized spacial score (nSPS) is 17.1. The zero-order chi connectivity index (χ0) is 23.6. The second-order valence-electron chi connectivity index (χ2n) is 8.31. The molecule has 5 nitrogen and oxygen atoms in total. The smallest absolute Gasteiger partial charge is 0.239 e. The van der Waals surface area contributed by atoms with Gasteiger partial charge in [0.15, 0.2) is 0 Å². The molecule has 1 fully saturated rings. The Morgan fingerprint density at radius 2 is 1.79 bits per heavy atom. The molecule has 1 aliphatic heterocycles. The van der Waals surface area contributed by atoms with Crippen LogP contribution in [0, 0.1) is 0 Å². The van der Waals surface area contributed by atoms with Crippen LogP contribution < -0.4 is 5.73 Å². The summed E-state index contributed by atoms with van der Waals surface area (Å²) in [5.74, 6) is 1.43. The molecule has 0 spiro atoms. The number of nitrogens with zero attached hydrogens (tertiary/aromatic N) is 2. The summed E-state index contributed by atoms with van der Waals surface area (Å²) in [6.45, 7) is 5.85. The van der Waals surface area contributed by atoms with Gasteiger partial charge in [0.25, 0.3) is 0 Å². The molecule has 0 bridgehead atoms. The third-order valence-corrected chi connectivity index (χ3v) is 8.45. The van der Waals surface area contributed by atoms with Gasteiger partial charge >= 0.3 is 0 Å². The number of benzene rings is 2. The molecule has 3 rings (SSSR count). The van der Waals surface area contributed by atoms with E-state index >= 15 is 0 Å². The van der Waals surface area contributed by atoms with Crippen LogP contribution >= 0.6 is 35.1 Å². The van der Waals surface area contributed by atoms with Gasteiger partial charge in [0, 0.05) is 53.3 Å². The SMILES string of the molecule is CCCCSc1ccccc1SCC(O)CN1CCN(C(C(N)=O)c2cccc(Cl)c2)CC1. The predicted molar refractivity (Wildman–Crippen MR) is 140 cm³/mol. The molecule has 180 valence electrons. The third-order valence-electron chi connectivity index (χ3n) is 5.71. The van der Waals surface area contributed by atoms with E-state index in [1.807, 2.05) is 30.0 Å². The molecule has 2 unspecified atom stereocenters. The van der Waals surface area contributed by atoms with Crippen molar-refractivity contribution in [3.63, 3.8) is 0 Å². The summed E-state index contributed by atoms with van der Waals surface area (Å²) in [5, 5.41) is 11.3. The van der Waals surface area contributed by atoms with E-state index in [1.54, 1.807) is 17.8 Å². The molecule has 2 aromatic carbocycles. The van der Waals surface area contributed by atoms with Crippen LogP contribution in [0.2, 0.25) is 5.02 Å². The fraction of sp³-hybridized carbons (Fsp3) is 0.480. The van der Waals surface area contributed by atoms with Gasteiger partial charge in [-0.1, -0.05) is 49.2 Å². The quantitative estimate of drug-likeness (QED) is 0.325. The number of carbonyl (C=O) groups is 1. The Morgan fingerprint density at radius 3 is 2.42 bits per heavy atom. The lowest BCUT2D eigenvalue weighted by Gasteiger charge is -2.38. The molecule has 0 radical (unpaired) electrons. The number of piperazine rings is 1. The van der Waals surface area contributed by atoms with Crippen molar-refractivity contribution in [3.05, 3.63) is 59.1 Å². The second-order valence-corrected chi connectivity index (χ2v) is 10.9. The summed E-state index contributed by atoms with van der Waals surface area (Å²) in [4.78, 5) is 19.1. The van der Waals surface area contributed by atoms with Crippen molar-refractivity contribution in [2.45, 2.75) is 41.7 Å². The zero-order valence-electron chi connectivity index (χ0n) is 19.2. The Hall–Kier alpha value is -1.22. The van der Waals surface area contributed by atoms with Gasteiger partial charge in [-0.15, -0.1) is 23.5 Å². The molecule has 2 atom stereocenters. The zero-order valence-corrected chi connectivity index (χ0v) is 21.5. The van der Waals surface area contributed by atoms with Gasteiger partial charge in [0.1, 0.15) is 6.04 Å². The second kappa shape index (κ2) is 13.6. The number of unbranched alkanes of at least 4 members (excludes halogenated alkanes) is 1. The summed E-state index contributed by atoms with van der Waals surface area (Å²) in [7, 11) is 0. The van der Waals surface area contributed by atoms with Gasteiger partial charge < -0.3 is 10.8 Å². The van der Waals surface area contributed by atoms with E-state index < -0.39 is 12.1 Å². The predicted octanol–water partition coefficient (Wildman–Crippen LogP) is 4.53. The maximum Gasteiger partial charge on any atom is 0.239 e. The van der Waals surface area contributed by atoms with Crippen molar-refractivity contribution in [1.82, 2.24) is 9.80 Å². The summed E-state index contributed by atoms with van der Waals surface area (Å²) >= 11 is 9.75. The summed E-state index contributed by atoms with van der Waals surface area (Å²) < 4.78 is 0. The van der Waals surface area contributed by atoms with E-state index in [-0.39, 0.29) is 5.91 Å². The minimum atomic E-state index is -0.479. The Balaban J connectivity index is 1.47. The minimum absolute atomic E-state index is 0.363. The first kappa shape index (κ1) is 26.4. The summed E-state index contributed by atoms with van der Waals surface area (Å²) in [6, 6.07) is 15.3. The Bertz CT molecular complexity index is 893. The van der Waals surface area contributed by atoms with Crippen LogP contribution in [0.25, 0.3) is 0 Å². The van der Waals surface area contributed by atoms with Crippen molar-refractivity contribution in [2.75, 3.05) is 44.2 Å². The number of β-amino-alcohol motifs (C(OH)–C–C–N with tert-alkyl or cyclic N) is 1. The maximum absolute atomic E-state index is 12.2. The number of halogens is 1. The van der Waals surface area contributed by atoms with Crippen molar-refractivity contribution < 1.29 is 9.90 Å². The number of nitrogens with two attached hydrogens (primary N) is 1. The molecule has 2 aromatic rings. The van der Waals surface area contributed by atoms with Crippen LogP contribution in [0.3, 0.4) is 0 Å². The van der Waals surface area contributed by atoms with Crippen LogP contribution in [-0.2, 0) is 4.79 Å². The van der Waals surface area contributed by atoms with Gasteiger partial charge in [0.2, 0.25) is 5.91 Å². The molecule has 1 amide bonds. The third kappa shape index (κ3) is 8.19. The Kier molecular flexibility index (Phi) is 10.9. The molecule has 1 heterocycles. The highest BCUT2D eigenvalue weighted by Crippen LogP contribution is 2.32. The molecule has 0 saturated carbocycles. The molecule has 0 aromatic heterocycles. The molecule has 8 heteroatoms. The first-order valence-electron chi connectivity index (χ1n) is 11.5. The summed E-state index contributed by atoms with van der Waals surface area (Å²) in [5.41, 5.74) is 6.56. The van der Waals surface area contributed by atoms with Crippen LogP contribution in [0.15, 0.2) is 58.3 Å². The van der Waals surface area contributed by atoms with Crippen LogP contribution in [0.5, 0.6) is 0 Å². The van der Waals surface area contributed by atoms with Gasteiger partial charge in [-0.3, -0.25) is 14.6 Å². The number of thioether (sulfide) groups is 2. The number of primary amides is 1. The Morgan fingerprint density at radius 1 is 1.09 bits per heavy atom. The lowest BCUT2D eigenvalue weighted by Crippen LogP contribution is -2.51. The number of hydrogen-bond donors (Lipinski definition) is 2. The van der Waals surface area contributed by atoms with Gasteiger partial charge in [-0.2, -0.15) is 0 Å². The average Bonchev–Trinajstić information content (AvgIpc) is 2.80. The fourth-order valence-corrected chi connectivity index (χ4v) is 6.44. The van der Waals surface area contributed by atoms with Gasteiger partial charge in [0.05, 0.1) is 6.10 Å². The Labute approximate surface area is 211 Å². The number of carbonyl (C=O) groups excluding carboxylic acids is 1. The lowest BCUT2D eigenvalue weighted by molar-refractivity contribution is -0.124. The molecule has 0 aliphatic carbocycles. The van der Waals surface area contributed by atoms with Crippen LogP contribution in [-0.4, -0.2) is 71.1 Å². The largest absolute Gasteiger partial charge is 0.391 e. The fourth-order valence-electron chi connectivity index (χ4n) is 3.99. The molecule has 33 heavy (non-hydrogen) atoms. The van der Waals surface area contributed by atoms with Crippen molar-refractivity contribution in [1.29, 1.82) is 0 Å². The van der Waals surface area contributed by atoms with E-state index in [9.17, 15) is 9.90 Å². The molecular formula is C25H34ClN3O2S2. The highest BCUT2D eigenvalue weighted by molar-refractivity contribution is 8.02. The topological polar surface area (TPSA) is 69.8 Å². The lowest BCUT2D eigenvalue weighted by atomic mass is 10.0. The number of amides is 1. The van der Waals surface area contributed by atoms with Crippen molar-refractivity contribution >= 4 is 41.0 Å². The molecule has 1 saturated heterocycles.